The molecule has 0 unspecified atom stereocenters. The maximum absolute atomic E-state index is 13.5. The van der Waals surface area contributed by atoms with Gasteiger partial charge in [0.05, 0.1) is 22.7 Å². The van der Waals surface area contributed by atoms with Crippen molar-refractivity contribution >= 4 is 61.6 Å². The van der Waals surface area contributed by atoms with E-state index in [0.717, 1.165) is 9.82 Å². The van der Waals surface area contributed by atoms with E-state index < -0.39 is 22.5 Å². The van der Waals surface area contributed by atoms with Crippen LogP contribution in [0.1, 0.15) is 13.8 Å². The van der Waals surface area contributed by atoms with Gasteiger partial charge in [-0.15, -0.1) is 0 Å². The molecule has 0 bridgehead atoms. The van der Waals surface area contributed by atoms with E-state index in [1.54, 1.807) is 61.0 Å². The highest BCUT2D eigenvalue weighted by molar-refractivity contribution is 7.92. The summed E-state index contributed by atoms with van der Waals surface area (Å²) in [6.07, 6.45) is 5.10. The molecule has 0 amide bonds. The van der Waals surface area contributed by atoms with Crippen LogP contribution < -0.4 is 15.8 Å². The Morgan fingerprint density at radius 2 is 1.76 bits per heavy atom. The molecule has 0 atom stereocenters. The van der Waals surface area contributed by atoms with Crippen molar-refractivity contribution in [3.8, 4) is 0 Å². The number of halogens is 2. The molecule has 8 nitrogen and oxygen atoms in total. The largest absolute Gasteiger partial charge is 0.465 e. The fraction of sp³-hybridized carbons (Fsp3) is 0.174. The first-order valence-corrected chi connectivity index (χ1v) is 12.4. The Labute approximate surface area is 208 Å². The minimum Gasteiger partial charge on any atom is -0.465 e. The zero-order valence-corrected chi connectivity index (χ0v) is 20.9. The van der Waals surface area contributed by atoms with Crippen LogP contribution in [0.4, 0.5) is 5.69 Å². The summed E-state index contributed by atoms with van der Waals surface area (Å²) in [6.45, 7) is 2.96. The Balaban J connectivity index is 2.11. The molecule has 34 heavy (non-hydrogen) atoms. The van der Waals surface area contributed by atoms with Gasteiger partial charge in [0.15, 0.2) is 0 Å². The fourth-order valence-corrected chi connectivity index (χ4v) is 5.38. The highest BCUT2D eigenvalue weighted by atomic mass is 35.5. The first-order valence-electron chi connectivity index (χ1n) is 10.2. The molecule has 3 aromatic rings. The topological polar surface area (TPSA) is 121 Å². The van der Waals surface area contributed by atoms with E-state index in [1.807, 2.05) is 0 Å². The number of benzene rings is 2. The van der Waals surface area contributed by atoms with Gasteiger partial charge in [-0.3, -0.25) is 9.10 Å². The minimum atomic E-state index is -4.21. The van der Waals surface area contributed by atoms with Crippen molar-refractivity contribution in [1.29, 1.82) is 0 Å². The van der Waals surface area contributed by atoms with Gasteiger partial charge in [0.25, 0.3) is 10.0 Å². The van der Waals surface area contributed by atoms with Crippen LogP contribution in [0.15, 0.2) is 71.4 Å². The maximum atomic E-state index is 13.5. The number of nitrogens with zero attached hydrogens (tertiary/aromatic N) is 2. The number of esters is 1. The molecule has 0 radical (unpaired) electrons. The zero-order chi connectivity index (χ0) is 25.0. The van der Waals surface area contributed by atoms with Crippen molar-refractivity contribution in [2.24, 2.45) is 11.5 Å². The second-order valence-corrected chi connectivity index (χ2v) is 10.1. The minimum absolute atomic E-state index is 0.111. The van der Waals surface area contributed by atoms with Crippen molar-refractivity contribution in [2.75, 3.05) is 17.5 Å². The van der Waals surface area contributed by atoms with Gasteiger partial charge in [-0.25, -0.2) is 8.42 Å². The second kappa shape index (κ2) is 10.4. The van der Waals surface area contributed by atoms with Crippen LogP contribution in [0.2, 0.25) is 10.0 Å². The van der Waals surface area contributed by atoms with E-state index in [0.29, 0.717) is 16.9 Å². The summed E-state index contributed by atoms with van der Waals surface area (Å²) in [7, 11) is -4.21. The highest BCUT2D eigenvalue weighted by Crippen LogP contribution is 2.31. The number of hydrogen-bond donors (Lipinski definition) is 2. The smallest absolute Gasteiger partial charge is 0.326 e. The normalized spacial score (nSPS) is 12.7. The molecule has 2 aromatic carbocycles. The van der Waals surface area contributed by atoms with Crippen LogP contribution in [-0.4, -0.2) is 32.1 Å². The van der Waals surface area contributed by atoms with Crippen molar-refractivity contribution < 1.29 is 17.9 Å². The first kappa shape index (κ1) is 25.5. The van der Waals surface area contributed by atoms with Crippen LogP contribution in [0, 0.1) is 0 Å². The van der Waals surface area contributed by atoms with E-state index in [-0.39, 0.29) is 27.2 Å². The monoisotopic (exact) mass is 522 g/mol. The fourth-order valence-electron chi connectivity index (χ4n) is 3.25. The summed E-state index contributed by atoms with van der Waals surface area (Å²) in [6, 6.07) is 10.7. The van der Waals surface area contributed by atoms with Gasteiger partial charge in [-0.05, 0) is 68.5 Å². The zero-order valence-electron chi connectivity index (χ0n) is 18.5. The Bertz CT molecular complexity index is 1370. The summed E-state index contributed by atoms with van der Waals surface area (Å²) >= 11 is 12.1. The Morgan fingerprint density at radius 1 is 1.09 bits per heavy atom. The number of carbonyl (C=O) groups is 1. The molecule has 0 aliphatic carbocycles. The Hall–Kier alpha value is -3.14. The summed E-state index contributed by atoms with van der Waals surface area (Å²) in [5.41, 5.74) is 13.4. The lowest BCUT2D eigenvalue weighted by Crippen LogP contribution is -2.36. The van der Waals surface area contributed by atoms with Gasteiger partial charge in [-0.2, -0.15) is 0 Å². The second-order valence-electron chi connectivity index (χ2n) is 7.35. The number of nitrogens with two attached hydrogens (primary N) is 2. The molecule has 0 aliphatic heterocycles. The molecule has 0 saturated heterocycles. The van der Waals surface area contributed by atoms with Crippen molar-refractivity contribution in [3.05, 3.63) is 76.6 Å². The third-order valence-corrected chi connectivity index (χ3v) is 6.95. The Morgan fingerprint density at radius 3 is 2.38 bits per heavy atom. The highest BCUT2D eigenvalue weighted by Gasteiger charge is 2.29. The van der Waals surface area contributed by atoms with Gasteiger partial charge < -0.3 is 20.8 Å². The number of rotatable bonds is 8. The van der Waals surface area contributed by atoms with Crippen LogP contribution >= 0.6 is 23.2 Å². The molecule has 3 rings (SSSR count). The molecule has 1 aromatic heterocycles. The van der Waals surface area contributed by atoms with Crippen LogP contribution in [0.3, 0.4) is 0 Å². The average molecular weight is 523 g/mol. The molecule has 4 N–H and O–H groups in total. The molecule has 11 heteroatoms. The van der Waals surface area contributed by atoms with Crippen LogP contribution in [-0.2, 0) is 19.6 Å². The molecule has 180 valence electrons. The van der Waals surface area contributed by atoms with E-state index in [9.17, 15) is 13.2 Å². The van der Waals surface area contributed by atoms with E-state index in [1.165, 1.54) is 18.2 Å². The third kappa shape index (κ3) is 5.67. The van der Waals surface area contributed by atoms with E-state index in [4.69, 9.17) is 39.4 Å². The number of hydrogen-bond acceptors (Lipinski definition) is 6. The number of ether oxygens (including phenoxy) is 1. The van der Waals surface area contributed by atoms with Crippen LogP contribution in [0.5, 0.6) is 0 Å². The summed E-state index contributed by atoms with van der Waals surface area (Å²) in [4.78, 5) is 12.1. The molecule has 1 heterocycles. The van der Waals surface area contributed by atoms with Crippen molar-refractivity contribution in [1.82, 2.24) is 4.57 Å². The van der Waals surface area contributed by atoms with E-state index in [2.05, 4.69) is 0 Å². The molecule has 0 spiro atoms. The lowest BCUT2D eigenvalue weighted by atomic mass is 10.2. The predicted molar refractivity (Wildman–Crippen MR) is 136 cm³/mol. The van der Waals surface area contributed by atoms with Crippen molar-refractivity contribution in [2.45, 2.75) is 18.7 Å². The van der Waals surface area contributed by atoms with Crippen molar-refractivity contribution in [3.63, 3.8) is 0 Å². The lowest BCUT2D eigenvalue weighted by molar-refractivity contribution is -0.141. The standard InChI is InChI=1S/C23H24Cl2N4O4S/c1-3-33-23(30)14-29(34(31,32)20-12-17(24)11-18(25)13-20)19-5-6-21-16(10-19)8-9-28(21)22(27)7-4-15(2)26/h4-13H,3,14,26-27H2,1-2H3/b15-4-,22-7+. The number of allylic oxidation sites excluding steroid dienone is 3. The SMILES string of the molecule is CCOC(=O)CN(c1ccc2c(ccn2/C(N)=C/C=C(/C)N)c1)S(=O)(=O)c1cc(Cl)cc(Cl)c1. The predicted octanol–water partition coefficient (Wildman–Crippen LogP) is 4.33. The maximum Gasteiger partial charge on any atom is 0.326 e. The third-order valence-electron chi connectivity index (χ3n) is 4.76. The summed E-state index contributed by atoms with van der Waals surface area (Å²) < 4.78 is 34.7. The quantitative estimate of drug-likeness (QED) is 0.335. The van der Waals surface area contributed by atoms with Gasteiger partial charge in [0.1, 0.15) is 12.4 Å². The van der Waals surface area contributed by atoms with Gasteiger partial charge >= 0.3 is 5.97 Å². The lowest BCUT2D eigenvalue weighted by Gasteiger charge is -2.24. The van der Waals surface area contributed by atoms with Gasteiger partial charge in [-0.1, -0.05) is 23.2 Å². The number of anilines is 1. The average Bonchev–Trinajstić information content (AvgIpc) is 3.18. The molecule has 0 fully saturated rings. The molecular weight excluding hydrogens is 499 g/mol. The molecule has 0 saturated carbocycles. The van der Waals surface area contributed by atoms with Gasteiger partial charge in [0.2, 0.25) is 0 Å². The molecular formula is C23H24Cl2N4O4S. The summed E-state index contributed by atoms with van der Waals surface area (Å²) in [5, 5.41) is 1.01. The first-order chi connectivity index (χ1) is 16.0. The Kier molecular flexibility index (Phi) is 7.81. The number of sulfonamides is 1. The van der Waals surface area contributed by atoms with Gasteiger partial charge in [0, 0.05) is 27.3 Å². The number of fused-ring (bicyclic) bond motifs is 1. The van der Waals surface area contributed by atoms with E-state index >= 15 is 0 Å². The molecule has 0 aliphatic rings. The van der Waals surface area contributed by atoms with Crippen LogP contribution in [0.25, 0.3) is 16.7 Å². The number of aromatic nitrogens is 1. The summed E-state index contributed by atoms with van der Waals surface area (Å²) in [5.74, 6) is -0.273. The number of carbonyl (C=O) groups excluding carboxylic acids is 1.